The minimum Gasteiger partial charge on any atom is -0.469 e. The molecule has 3 N–H and O–H groups in total. The molecule has 14 nitrogen and oxygen atoms in total. The first kappa shape index (κ1) is 46.8. The van der Waals surface area contributed by atoms with E-state index in [0.717, 1.165) is 6.20 Å². The van der Waals surface area contributed by atoms with Crippen LogP contribution in [0, 0.1) is 11.8 Å². The molecule has 0 radical (unpaired) electrons. The second-order valence-corrected chi connectivity index (χ2v) is 27.6. The summed E-state index contributed by atoms with van der Waals surface area (Å²) < 4.78 is 97.0. The van der Waals surface area contributed by atoms with Gasteiger partial charge in [-0.15, -0.1) is 0 Å². The number of halogens is 3. The average Bonchev–Trinajstić information content (AvgIpc) is 4.10. The van der Waals surface area contributed by atoms with E-state index in [1.54, 1.807) is 12.1 Å². The Morgan fingerprint density at radius 3 is 2.28 bits per heavy atom. The molecule has 0 saturated carbocycles. The standard InChI is InChI=1S/C50H55F3N6O8SSi/c1-23(2)39-47-57-41-43(66-47)49-32-15-11-14-30(29-13-12-16-35-38(29)31(37-21-54-46(41)64-37)22-59(35)68(62,63)50(51,52)53)40(32)58-48(49)65-36-18-17-28(19-33(36)49)20-34(44(60)56-39)55-45(61)42(24(3)4)67-69(25(5)6,26(7)8)27(9)10/h11-19,21-27,34,39,42,48,58H,20H2,1-10H3,(H,55,61)(H,56,60)/t34-,39-,42-,48-,49?/m0/s1. The zero-order valence-electron chi connectivity index (χ0n) is 39.9. The van der Waals surface area contributed by atoms with Gasteiger partial charge in [0.25, 0.3) is 0 Å². The number of oxazole rings is 2. The number of nitrogens with one attached hydrogen (secondary N) is 3. The number of para-hydroxylation sites is 1. The van der Waals surface area contributed by atoms with E-state index < -0.39 is 59.6 Å². The number of amides is 2. The number of nitrogens with zero attached hydrogens (tertiary/aromatic N) is 3. The monoisotopic (exact) mass is 984 g/mol. The zero-order chi connectivity index (χ0) is 49.4. The maximum atomic E-state index is 14.8. The number of ether oxygens (including phenoxy) is 1. The Morgan fingerprint density at radius 1 is 0.913 bits per heavy atom. The molecule has 1 spiro atoms. The molecule has 10 bridgehead atoms. The second kappa shape index (κ2) is 16.1. The molecule has 2 amide bonds. The molecule has 6 aromatic rings. The first-order valence-electron chi connectivity index (χ1n) is 23.4. The van der Waals surface area contributed by atoms with Crippen molar-refractivity contribution < 1.29 is 49.2 Å². The summed E-state index contributed by atoms with van der Waals surface area (Å²) in [5, 5.41) is 10.1. The molecule has 3 aromatic heterocycles. The van der Waals surface area contributed by atoms with Crippen molar-refractivity contribution in [1.82, 2.24) is 24.6 Å². The Kier molecular flexibility index (Phi) is 10.9. The maximum Gasteiger partial charge on any atom is 0.517 e. The summed E-state index contributed by atoms with van der Waals surface area (Å²) in [6.45, 7) is 20.7. The fraction of sp³-hybridized carbons (Fsp3) is 0.440. The third kappa shape index (κ3) is 6.76. The van der Waals surface area contributed by atoms with E-state index in [1.807, 2.05) is 58.0 Å². The topological polar surface area (TPSA) is 180 Å². The molecular weight excluding hydrogens is 930 g/mol. The minimum atomic E-state index is -5.92. The van der Waals surface area contributed by atoms with Crippen LogP contribution in [0.1, 0.15) is 104 Å². The molecule has 4 aliphatic heterocycles. The van der Waals surface area contributed by atoms with Gasteiger partial charge < -0.3 is 33.9 Å². The summed E-state index contributed by atoms with van der Waals surface area (Å²) in [5.74, 6) is -0.619. The van der Waals surface area contributed by atoms with E-state index in [0.29, 0.717) is 39.3 Å². The van der Waals surface area contributed by atoms with Crippen LogP contribution in [0.15, 0.2) is 75.8 Å². The second-order valence-electron chi connectivity index (χ2n) is 20.4. The summed E-state index contributed by atoms with van der Waals surface area (Å²) >= 11 is 0. The van der Waals surface area contributed by atoms with E-state index in [2.05, 4.69) is 62.5 Å². The van der Waals surface area contributed by atoms with Gasteiger partial charge in [-0.25, -0.2) is 13.9 Å². The van der Waals surface area contributed by atoms with Crippen LogP contribution in [0.4, 0.5) is 18.9 Å². The minimum absolute atomic E-state index is 0.0282. The Labute approximate surface area is 398 Å². The Balaban J connectivity index is 1.18. The predicted molar refractivity (Wildman–Crippen MR) is 255 cm³/mol. The lowest BCUT2D eigenvalue weighted by molar-refractivity contribution is -0.135. The van der Waals surface area contributed by atoms with Gasteiger partial charge in [0, 0.05) is 45.9 Å². The van der Waals surface area contributed by atoms with E-state index in [-0.39, 0.29) is 90.2 Å². The lowest BCUT2D eigenvalue weighted by Crippen LogP contribution is -2.57. The number of hydrogen-bond acceptors (Lipinski definition) is 11. The number of rotatable bonds is 10. The summed E-state index contributed by atoms with van der Waals surface area (Å²) in [6, 6.07) is 13.8. The highest BCUT2D eigenvalue weighted by molar-refractivity contribution is 7.90. The molecule has 69 heavy (non-hydrogen) atoms. The van der Waals surface area contributed by atoms with E-state index >= 15 is 0 Å². The van der Waals surface area contributed by atoms with Gasteiger partial charge in [-0.3, -0.25) is 9.59 Å². The number of carbonyl (C=O) groups is 2. The molecule has 3 aromatic carbocycles. The van der Waals surface area contributed by atoms with Crippen molar-refractivity contribution in [3.05, 3.63) is 95.3 Å². The van der Waals surface area contributed by atoms with Crippen LogP contribution < -0.4 is 20.7 Å². The van der Waals surface area contributed by atoms with Crippen molar-refractivity contribution in [2.24, 2.45) is 11.8 Å². The Hall–Kier alpha value is -5.92. The molecule has 4 aliphatic rings. The van der Waals surface area contributed by atoms with Crippen LogP contribution in [0.25, 0.3) is 44.9 Å². The van der Waals surface area contributed by atoms with Crippen LogP contribution >= 0.6 is 0 Å². The van der Waals surface area contributed by atoms with Crippen LogP contribution in [-0.4, -0.2) is 66.4 Å². The molecule has 19 heteroatoms. The van der Waals surface area contributed by atoms with Crippen LogP contribution in [0.2, 0.25) is 16.6 Å². The Bertz CT molecular complexity index is 3170. The van der Waals surface area contributed by atoms with Crippen molar-refractivity contribution in [3.63, 3.8) is 0 Å². The number of alkyl halides is 3. The number of aromatic nitrogens is 3. The van der Waals surface area contributed by atoms with E-state index in [9.17, 15) is 31.2 Å². The lowest BCUT2D eigenvalue weighted by atomic mass is 9.72. The van der Waals surface area contributed by atoms with Crippen molar-refractivity contribution in [2.45, 2.75) is 128 Å². The quantitative estimate of drug-likeness (QED) is 0.111. The fourth-order valence-electron chi connectivity index (χ4n) is 11.6. The predicted octanol–water partition coefficient (Wildman–Crippen LogP) is 10.2. The van der Waals surface area contributed by atoms with Crippen LogP contribution in [-0.2, 0) is 35.9 Å². The molecule has 364 valence electrons. The van der Waals surface area contributed by atoms with Gasteiger partial charge in [0.1, 0.15) is 29.4 Å². The van der Waals surface area contributed by atoms with Gasteiger partial charge >= 0.3 is 15.5 Å². The summed E-state index contributed by atoms with van der Waals surface area (Å²) in [4.78, 5) is 39.3. The van der Waals surface area contributed by atoms with Crippen molar-refractivity contribution in [2.75, 3.05) is 5.32 Å². The SMILES string of the molecule is CC(C)[C@H](O[Si](C(C)C)(C(C)C)C(C)C)C(=O)N[C@H]1Cc2ccc3c(c2)C24c5cccc(c5N[C@H]2O3)-c2cccc3c2c(cn3S(=O)(=O)C(F)(F)F)-c2cnc(o2)-c2nc(oc24)[C@H](C(C)C)NC1=O. The normalized spacial score (nSPS) is 21.0. The van der Waals surface area contributed by atoms with E-state index in [4.69, 9.17) is 23.0 Å². The molecule has 0 fully saturated rings. The maximum absolute atomic E-state index is 14.8. The van der Waals surface area contributed by atoms with Gasteiger partial charge in [0.2, 0.25) is 31.9 Å². The summed E-state index contributed by atoms with van der Waals surface area (Å²) in [5.41, 5.74) is -2.84. The number of benzene rings is 3. The van der Waals surface area contributed by atoms with E-state index in [1.165, 1.54) is 18.3 Å². The lowest BCUT2D eigenvalue weighted by Gasteiger charge is -2.45. The molecular formula is C50H55F3N6O8SSi. The highest BCUT2D eigenvalue weighted by Crippen LogP contribution is 2.61. The number of carbonyl (C=O) groups excluding carboxylic acids is 2. The first-order valence-corrected chi connectivity index (χ1v) is 27.0. The molecule has 5 atom stereocenters. The van der Waals surface area contributed by atoms with Gasteiger partial charge in [0.15, 0.2) is 23.4 Å². The largest absolute Gasteiger partial charge is 0.517 e. The molecule has 0 aliphatic carbocycles. The first-order chi connectivity index (χ1) is 32.5. The number of fused-ring (bicyclic) bond motifs is 7. The average molecular weight is 985 g/mol. The molecule has 1 unspecified atom stereocenters. The molecule has 10 rings (SSSR count). The molecule has 0 saturated heterocycles. The van der Waals surface area contributed by atoms with Gasteiger partial charge in [-0.1, -0.05) is 112 Å². The summed E-state index contributed by atoms with van der Waals surface area (Å²) in [6.07, 6.45) is 0.581. The highest BCUT2D eigenvalue weighted by atomic mass is 32.2. The van der Waals surface area contributed by atoms with Crippen LogP contribution in [0.3, 0.4) is 0 Å². The van der Waals surface area contributed by atoms with Crippen molar-refractivity contribution in [1.29, 1.82) is 0 Å². The third-order valence-electron chi connectivity index (χ3n) is 14.7. The Morgan fingerprint density at radius 2 is 1.61 bits per heavy atom. The van der Waals surface area contributed by atoms with Gasteiger partial charge in [0.05, 0.1) is 11.7 Å². The number of anilines is 1. The van der Waals surface area contributed by atoms with Crippen LogP contribution in [0.5, 0.6) is 5.75 Å². The zero-order valence-corrected chi connectivity index (χ0v) is 41.7. The van der Waals surface area contributed by atoms with Crippen molar-refractivity contribution >= 4 is 46.7 Å². The van der Waals surface area contributed by atoms with Crippen molar-refractivity contribution in [3.8, 4) is 39.8 Å². The highest BCUT2D eigenvalue weighted by Gasteiger charge is 2.62. The third-order valence-corrected chi connectivity index (χ3v) is 22.2. The smallest absolute Gasteiger partial charge is 0.469 e. The van der Waals surface area contributed by atoms with Gasteiger partial charge in [-0.05, 0) is 51.7 Å². The summed E-state index contributed by atoms with van der Waals surface area (Å²) in [7, 11) is -8.47. The number of hydrogen-bond donors (Lipinski definition) is 3. The van der Waals surface area contributed by atoms with Gasteiger partial charge in [-0.2, -0.15) is 21.6 Å². The molecule has 7 heterocycles. The fourth-order valence-corrected chi connectivity index (χ4v) is 18.1.